The van der Waals surface area contributed by atoms with E-state index in [2.05, 4.69) is 30.8 Å². The van der Waals surface area contributed by atoms with Gasteiger partial charge >= 0.3 is 0 Å². The van der Waals surface area contributed by atoms with Crippen LogP contribution in [0.2, 0.25) is 5.15 Å². The Morgan fingerprint density at radius 3 is 2.43 bits per heavy atom. The summed E-state index contributed by atoms with van der Waals surface area (Å²) >= 11 is 5.71. The second-order valence-corrected chi connectivity index (χ2v) is 5.98. The lowest BCUT2D eigenvalue weighted by atomic mass is 10.1. The predicted molar refractivity (Wildman–Crippen MR) is 111 cm³/mol. The van der Waals surface area contributed by atoms with Crippen LogP contribution in [0, 0.1) is 10.1 Å². The van der Waals surface area contributed by atoms with Crippen molar-refractivity contribution in [3.8, 4) is 0 Å². The molecule has 0 fully saturated rings. The van der Waals surface area contributed by atoms with Crippen molar-refractivity contribution in [3.05, 3.63) is 50.8 Å². The topological polar surface area (TPSA) is 239 Å². The molecule has 1 aromatic carbocycles. The van der Waals surface area contributed by atoms with E-state index in [4.69, 9.17) is 34.5 Å². The van der Waals surface area contributed by atoms with E-state index in [9.17, 15) is 14.9 Å². The van der Waals surface area contributed by atoms with E-state index >= 15 is 0 Å². The van der Waals surface area contributed by atoms with Crippen molar-refractivity contribution in [1.29, 1.82) is 0 Å². The Morgan fingerprint density at radius 2 is 1.80 bits per heavy atom. The number of hydrogen-bond donors (Lipinski definition) is 6. The number of carbonyl (C=O) groups excluding carboxylic acids is 1. The van der Waals surface area contributed by atoms with Crippen molar-refractivity contribution >= 4 is 46.8 Å². The van der Waals surface area contributed by atoms with E-state index in [1.807, 2.05) is 0 Å². The minimum atomic E-state index is -0.784. The highest BCUT2D eigenvalue weighted by molar-refractivity contribution is 6.31. The lowest BCUT2D eigenvalue weighted by Gasteiger charge is -2.09. The molecule has 0 aliphatic rings. The van der Waals surface area contributed by atoms with Crippen LogP contribution in [0.1, 0.15) is 16.1 Å². The summed E-state index contributed by atoms with van der Waals surface area (Å²) in [5.41, 5.74) is 27.3. The fraction of sp³-hybridized carbons (Fsp3) is 0.133. The van der Waals surface area contributed by atoms with Gasteiger partial charge in [0, 0.05) is 18.7 Å². The van der Waals surface area contributed by atoms with Crippen LogP contribution >= 0.6 is 11.6 Å². The van der Waals surface area contributed by atoms with Gasteiger partial charge in [-0.25, -0.2) is 9.97 Å². The molecule has 0 spiro atoms. The minimum absolute atomic E-state index is 0.00115. The van der Waals surface area contributed by atoms with Crippen molar-refractivity contribution in [2.45, 2.75) is 6.42 Å². The number of aromatic nitrogens is 2. The van der Waals surface area contributed by atoms with Crippen LogP contribution in [0.15, 0.2) is 34.3 Å². The van der Waals surface area contributed by atoms with Gasteiger partial charge in [-0.2, -0.15) is 4.99 Å². The fourth-order valence-electron chi connectivity index (χ4n) is 2.06. The lowest BCUT2D eigenvalue weighted by molar-refractivity contribution is -0.384. The highest BCUT2D eigenvalue weighted by Gasteiger charge is 2.15. The van der Waals surface area contributed by atoms with Crippen molar-refractivity contribution in [3.63, 3.8) is 0 Å². The molecule has 0 saturated heterocycles. The molecule has 15 heteroatoms. The van der Waals surface area contributed by atoms with E-state index in [-0.39, 0.29) is 46.6 Å². The number of nitro benzene ring substituents is 1. The summed E-state index contributed by atoms with van der Waals surface area (Å²) in [5.74, 6) is -1.52. The SMILES string of the molecule is NC(=NCCc1ccc([N+](=O)[O-])cc1)/N=C(\N)NNC(=O)c1nc(Cl)c(N)nc1N. The average molecular weight is 436 g/mol. The number of nitrogen functional groups attached to an aromatic ring is 2. The maximum absolute atomic E-state index is 12.0. The predicted octanol–water partition coefficient (Wildman–Crippen LogP) is -0.691. The van der Waals surface area contributed by atoms with Crippen LogP contribution < -0.4 is 33.8 Å². The quantitative estimate of drug-likeness (QED) is 0.149. The number of nitrogens with zero attached hydrogens (tertiary/aromatic N) is 5. The first-order chi connectivity index (χ1) is 14.2. The molecule has 0 unspecified atom stereocenters. The molecule has 1 aromatic heterocycles. The summed E-state index contributed by atoms with van der Waals surface area (Å²) in [6, 6.07) is 6.04. The monoisotopic (exact) mass is 435 g/mol. The molecule has 0 aliphatic heterocycles. The maximum atomic E-state index is 12.0. The molecule has 158 valence electrons. The summed E-state index contributed by atoms with van der Waals surface area (Å²) in [6.45, 7) is 0.267. The molecule has 1 amide bonds. The molecule has 10 N–H and O–H groups in total. The Bertz CT molecular complexity index is 1010. The number of rotatable bonds is 5. The van der Waals surface area contributed by atoms with Gasteiger partial charge < -0.3 is 22.9 Å². The average Bonchev–Trinajstić information content (AvgIpc) is 2.69. The third-order valence-electron chi connectivity index (χ3n) is 3.48. The Hall–Kier alpha value is -4.20. The van der Waals surface area contributed by atoms with E-state index < -0.39 is 10.8 Å². The number of amides is 1. The smallest absolute Gasteiger partial charge is 0.292 e. The van der Waals surface area contributed by atoms with E-state index in [0.717, 1.165) is 5.56 Å². The number of nitro groups is 1. The first-order valence-electron chi connectivity index (χ1n) is 8.19. The largest absolute Gasteiger partial charge is 0.382 e. The molecule has 2 rings (SSSR count). The zero-order valence-electron chi connectivity index (χ0n) is 15.4. The van der Waals surface area contributed by atoms with Crippen LogP contribution in [0.25, 0.3) is 0 Å². The number of non-ortho nitro benzene ring substituents is 1. The molecule has 1 heterocycles. The molecule has 0 saturated carbocycles. The number of nitrogens with one attached hydrogen (secondary N) is 2. The number of benzene rings is 1. The standard InChI is InChI=1S/C15H18ClN11O3/c16-10-12(18)23-11(17)9(22-10)13(28)25-26-15(20)24-14(19)21-6-5-7-1-3-8(4-2-7)27(29)30/h1-4H,5-6H2,(H,25,28)(H4,17,18,23)(H5,19,20,21,24,26). The highest BCUT2D eigenvalue weighted by Crippen LogP contribution is 2.17. The molecule has 2 aromatic rings. The van der Waals surface area contributed by atoms with Gasteiger partial charge in [-0.05, 0) is 12.0 Å². The van der Waals surface area contributed by atoms with Crippen LogP contribution in [-0.2, 0) is 6.42 Å². The number of carbonyl (C=O) groups is 1. The summed E-state index contributed by atoms with van der Waals surface area (Å²) in [7, 11) is 0. The third-order valence-corrected chi connectivity index (χ3v) is 3.76. The zero-order valence-corrected chi connectivity index (χ0v) is 16.1. The van der Waals surface area contributed by atoms with Crippen LogP contribution in [0.5, 0.6) is 0 Å². The van der Waals surface area contributed by atoms with E-state index in [0.29, 0.717) is 6.42 Å². The number of guanidine groups is 2. The zero-order chi connectivity index (χ0) is 22.3. The number of hydrogen-bond acceptors (Lipinski definition) is 8. The second kappa shape index (κ2) is 9.83. The first-order valence-corrected chi connectivity index (χ1v) is 8.57. The fourth-order valence-corrected chi connectivity index (χ4v) is 2.19. The van der Waals surface area contributed by atoms with Gasteiger partial charge in [-0.3, -0.25) is 30.8 Å². The molecule has 30 heavy (non-hydrogen) atoms. The molecule has 14 nitrogen and oxygen atoms in total. The molecule has 0 bridgehead atoms. The van der Waals surface area contributed by atoms with Crippen molar-refractivity contribution in [2.24, 2.45) is 21.5 Å². The van der Waals surface area contributed by atoms with Gasteiger partial charge in [0.25, 0.3) is 11.6 Å². The van der Waals surface area contributed by atoms with E-state index in [1.54, 1.807) is 12.1 Å². The summed E-state index contributed by atoms with van der Waals surface area (Å²) in [5, 5.41) is 10.4. The summed E-state index contributed by atoms with van der Waals surface area (Å²) in [4.78, 5) is 37.4. The third kappa shape index (κ3) is 6.16. The number of anilines is 2. The molecular formula is C15H18ClN11O3. The minimum Gasteiger partial charge on any atom is -0.382 e. The normalized spacial score (nSPS) is 11.8. The van der Waals surface area contributed by atoms with Gasteiger partial charge in [-0.1, -0.05) is 23.7 Å². The van der Waals surface area contributed by atoms with Gasteiger partial charge in [0.2, 0.25) is 11.9 Å². The highest BCUT2D eigenvalue weighted by atomic mass is 35.5. The van der Waals surface area contributed by atoms with Gasteiger partial charge in [-0.15, -0.1) is 0 Å². The molecule has 0 radical (unpaired) electrons. The number of hydrazine groups is 1. The number of halogens is 1. The summed E-state index contributed by atoms with van der Waals surface area (Å²) < 4.78 is 0. The number of nitrogens with two attached hydrogens (primary N) is 4. The van der Waals surface area contributed by atoms with Crippen LogP contribution in [-0.4, -0.2) is 39.3 Å². The second-order valence-electron chi connectivity index (χ2n) is 5.62. The molecule has 0 aliphatic carbocycles. The maximum Gasteiger partial charge on any atom is 0.292 e. The molecule has 0 atom stereocenters. The number of aliphatic imine (C=N–C) groups is 2. The first kappa shape index (κ1) is 22.1. The van der Waals surface area contributed by atoms with Crippen LogP contribution in [0.3, 0.4) is 0 Å². The van der Waals surface area contributed by atoms with Gasteiger partial charge in [0.1, 0.15) is 0 Å². The van der Waals surface area contributed by atoms with Crippen molar-refractivity contribution in [1.82, 2.24) is 20.8 Å². The molecular weight excluding hydrogens is 418 g/mol. The van der Waals surface area contributed by atoms with Gasteiger partial charge in [0.05, 0.1) is 4.92 Å². The van der Waals surface area contributed by atoms with Crippen molar-refractivity contribution < 1.29 is 9.72 Å². The Balaban J connectivity index is 1.87. The lowest BCUT2D eigenvalue weighted by Crippen LogP contribution is -2.46. The van der Waals surface area contributed by atoms with Crippen LogP contribution in [0.4, 0.5) is 17.3 Å². The van der Waals surface area contributed by atoms with E-state index in [1.165, 1.54) is 12.1 Å². The Kier molecular flexibility index (Phi) is 7.24. The Labute approximate surface area is 174 Å². The Morgan fingerprint density at radius 1 is 1.13 bits per heavy atom. The summed E-state index contributed by atoms with van der Waals surface area (Å²) in [6.07, 6.45) is 0.480. The van der Waals surface area contributed by atoms with Crippen molar-refractivity contribution in [2.75, 3.05) is 18.0 Å². The van der Waals surface area contributed by atoms with Gasteiger partial charge in [0.15, 0.2) is 22.5 Å².